The molecule has 0 nitrogen and oxygen atoms in total. The van der Waals surface area contributed by atoms with E-state index < -0.39 is 0 Å². The molecule has 0 aromatic heterocycles. The molecule has 21 heavy (non-hydrogen) atoms. The first-order chi connectivity index (χ1) is 0. The van der Waals surface area contributed by atoms with Gasteiger partial charge in [-0.25, -0.2) is 0 Å². The molecule has 0 atom stereocenters. The van der Waals surface area contributed by atoms with Gasteiger partial charge in [-0.3, -0.25) is 0 Å². The van der Waals surface area contributed by atoms with Crippen LogP contribution in [-0.4, -0.2) is 0 Å². The molecular weight excluding hydrogens is 499 g/mol. The van der Waals surface area contributed by atoms with Gasteiger partial charge in [0.2, 0.25) is 0 Å². The van der Waals surface area contributed by atoms with Crippen LogP contribution in [0.1, 0.15) is 149 Å². The van der Waals surface area contributed by atoms with E-state index in [2.05, 4.69) is 0 Å². The zero-order chi connectivity index (χ0) is 0. The van der Waals surface area contributed by atoms with Crippen LogP contribution in [-0.2, 0) is 0 Å². The summed E-state index contributed by atoms with van der Waals surface area (Å²) in [5.74, 6) is 0. The summed E-state index contributed by atoms with van der Waals surface area (Å²) in [7, 11) is 0. The summed E-state index contributed by atoms with van der Waals surface area (Å²) in [4.78, 5) is 0. The summed E-state index contributed by atoms with van der Waals surface area (Å²) in [5, 5.41) is 0. The quantitative estimate of drug-likeness (QED) is 0.268. The minimum Gasteiger partial charge on any atom is -0.0776 e. The van der Waals surface area contributed by atoms with Crippen molar-refractivity contribution >= 4 is 0 Å². The minimum atomic E-state index is 0. The average Bonchev–Trinajstić information content (AvgIpc) is 0. The van der Waals surface area contributed by atoms with E-state index in [0.717, 1.165) is 0 Å². The molecule has 0 amide bonds. The van der Waals surface area contributed by atoms with Gasteiger partial charge in [0.25, 0.3) is 0 Å². The number of hydrogen-bond acceptors (Lipinski definition) is 0. The van der Waals surface area contributed by atoms with Gasteiger partial charge < -0.3 is 0 Å². The Morgan fingerprint density at radius 3 is 0.0952 bits per heavy atom. The summed E-state index contributed by atoms with van der Waals surface area (Å²) >= 11 is 0. The Bertz CT molecular complexity index is 5.80. The van der Waals surface area contributed by atoms with E-state index in [1.54, 1.807) is 0 Å². The molecule has 0 aliphatic rings. The molecule has 0 bridgehead atoms. The Hall–Kier alpha value is -1.00. The predicted molar refractivity (Wildman–Crippen MR) is 135 cm³/mol. The fraction of sp³-hybridized carbons (Fsp3) is 1.00. The zero-order valence-corrected chi connectivity index (χ0v) is 2.49. The Morgan fingerprint density at radius 2 is 0.0952 bits per heavy atom. The Morgan fingerprint density at radius 1 is 0.0952 bits per heavy atom. The second-order valence-corrected chi connectivity index (χ2v) is 0. The van der Waals surface area contributed by atoms with Crippen molar-refractivity contribution in [2.75, 3.05) is 0 Å². The van der Waals surface area contributed by atoms with Crippen LogP contribution in [0.25, 0.3) is 0 Å². The van der Waals surface area contributed by atoms with Crippen LogP contribution in [0.3, 0.4) is 0 Å². The third-order valence-corrected chi connectivity index (χ3v) is 0. The molecular formula is C20H80No. The van der Waals surface area contributed by atoms with Crippen molar-refractivity contribution in [1.29, 1.82) is 0 Å². The minimum absolute atomic E-state index is 0. The summed E-state index contributed by atoms with van der Waals surface area (Å²) in [6.45, 7) is 0. The largest absolute Gasteiger partial charge is 0.0776 e. The topological polar surface area (TPSA) is 0 Å². The molecule has 0 spiro atoms. The summed E-state index contributed by atoms with van der Waals surface area (Å²) in [6, 6.07) is 0. The zero-order valence-electron chi connectivity index (χ0n) is 0.267. The molecule has 1 heteroatoms. The van der Waals surface area contributed by atoms with Crippen molar-refractivity contribution in [1.82, 2.24) is 0 Å². The van der Waals surface area contributed by atoms with Crippen molar-refractivity contribution in [3.05, 3.63) is 0 Å². The molecule has 0 aliphatic heterocycles. The second kappa shape index (κ2) is 6160. The van der Waals surface area contributed by atoms with Crippen LogP contribution in [0.2, 0.25) is 0 Å². The van der Waals surface area contributed by atoms with Crippen LogP contribution >= 0.6 is 0 Å². The monoisotopic (exact) mass is 580 g/mol. The van der Waals surface area contributed by atoms with Crippen LogP contribution < -0.4 is 0 Å². The molecule has 0 saturated heterocycles. The van der Waals surface area contributed by atoms with Gasteiger partial charge in [0.15, 0.2) is 0 Å². The second-order valence-electron chi connectivity index (χ2n) is 0. The molecule has 0 aliphatic carbocycles. The van der Waals surface area contributed by atoms with Crippen molar-refractivity contribution in [3.8, 4) is 0 Å². The van der Waals surface area contributed by atoms with E-state index in [1.807, 2.05) is 0 Å². The Kier molecular flexibility index (Phi) is 2120000. The third kappa shape index (κ3) is 5490. The van der Waals surface area contributed by atoms with Gasteiger partial charge in [-0.05, 0) is 0 Å². The standard InChI is InChI=1S/20CH4.No/h20*1H4;. The molecule has 0 radical (unpaired) electrons. The average molecular weight is 580 g/mol. The summed E-state index contributed by atoms with van der Waals surface area (Å²) < 4.78 is 0. The SMILES string of the molecule is C.C.C.C.C.C.C.C.C.C.C.C.C.C.C.C.C.C.C.C.[No]. The van der Waals surface area contributed by atoms with E-state index in [1.165, 1.54) is 0 Å². The van der Waals surface area contributed by atoms with Crippen LogP contribution in [0.15, 0.2) is 0 Å². The maximum absolute atomic E-state index is 0. The fourth-order valence-corrected chi connectivity index (χ4v) is 0. The third-order valence-electron chi connectivity index (χ3n) is 0. The van der Waals surface area contributed by atoms with Crippen molar-refractivity contribution < 1.29 is 0 Å². The molecule has 174 valence electrons. The van der Waals surface area contributed by atoms with E-state index >= 15 is 0 Å². The van der Waals surface area contributed by atoms with Crippen LogP contribution in [0.4, 0.5) is 0 Å². The first-order valence-corrected chi connectivity index (χ1v) is 0. The molecule has 0 heterocycles. The van der Waals surface area contributed by atoms with Gasteiger partial charge in [0.05, 0.1) is 0 Å². The van der Waals surface area contributed by atoms with E-state index in [9.17, 15) is 0 Å². The Balaban J connectivity index is 0. The van der Waals surface area contributed by atoms with Gasteiger partial charge in [0.1, 0.15) is 0 Å². The summed E-state index contributed by atoms with van der Waals surface area (Å²) in [5.41, 5.74) is 0. The maximum atomic E-state index is 0. The van der Waals surface area contributed by atoms with Gasteiger partial charge >= 0.3 is 0 Å². The molecule has 0 N–H and O–H groups in total. The molecule has 0 fully saturated rings. The van der Waals surface area contributed by atoms with Crippen molar-refractivity contribution in [2.24, 2.45) is 0 Å². The maximum Gasteiger partial charge on any atom is 0 e. The number of rotatable bonds is 0. The molecule has 0 saturated carbocycles. The van der Waals surface area contributed by atoms with Crippen molar-refractivity contribution in [3.63, 3.8) is 0 Å². The molecule has 0 unspecified atom stereocenters. The van der Waals surface area contributed by atoms with Crippen LogP contribution in [0, 0.1) is 0 Å². The normalized spacial score (nSPS) is 0. The predicted octanol–water partition coefficient (Wildman–Crippen LogP) is 12.7. The first kappa shape index (κ1) is 7220. The number of hydrogen-bond donors (Lipinski definition) is 0. The molecule has 0 aromatic rings. The van der Waals surface area contributed by atoms with Gasteiger partial charge in [0, 0.05) is 0 Å². The molecule has 0 rings (SSSR count). The summed E-state index contributed by atoms with van der Waals surface area (Å²) in [6.07, 6.45) is 0. The van der Waals surface area contributed by atoms with E-state index in [-0.39, 0.29) is 149 Å². The van der Waals surface area contributed by atoms with Crippen LogP contribution in [0.5, 0.6) is 0 Å². The fourth-order valence-electron chi connectivity index (χ4n) is 0. The van der Waals surface area contributed by atoms with Gasteiger partial charge in [-0.15, -0.1) is 0 Å². The smallest absolute Gasteiger partial charge is 0 e. The first-order valence-electron chi connectivity index (χ1n) is 0. The van der Waals surface area contributed by atoms with Crippen molar-refractivity contribution in [2.45, 2.75) is 149 Å². The Labute approximate surface area is 149 Å². The van der Waals surface area contributed by atoms with Gasteiger partial charge in [-0.2, -0.15) is 0 Å². The molecule has 0 aromatic carbocycles. The van der Waals surface area contributed by atoms with Gasteiger partial charge in [-0.1, -0.05) is 149 Å². The van der Waals surface area contributed by atoms with E-state index in [0.29, 0.717) is 0 Å². The van der Waals surface area contributed by atoms with E-state index in [4.69, 9.17) is 0 Å².